The maximum Gasteiger partial charge on any atom is 0.193 e. The van der Waals surface area contributed by atoms with Crippen LogP contribution in [0.25, 0.3) is 0 Å². The smallest absolute Gasteiger partial charge is 0.193 e. The predicted octanol–water partition coefficient (Wildman–Crippen LogP) is 3.22. The van der Waals surface area contributed by atoms with Crippen LogP contribution in [0, 0.1) is 0 Å². The Morgan fingerprint density at radius 2 is 2.28 bits per heavy atom. The Bertz CT molecular complexity index is 325. The minimum atomic E-state index is 0. The third-order valence-corrected chi connectivity index (χ3v) is 3.60. The lowest BCUT2D eigenvalue weighted by molar-refractivity contribution is 0.485. The summed E-state index contributed by atoms with van der Waals surface area (Å²) in [6.07, 6.45) is 3.49. The van der Waals surface area contributed by atoms with Gasteiger partial charge in [-0.25, -0.2) is 0 Å². The predicted molar refractivity (Wildman–Crippen MR) is 92.3 cm³/mol. The van der Waals surface area contributed by atoms with Crippen molar-refractivity contribution in [1.29, 1.82) is 0 Å². The molecule has 0 unspecified atom stereocenters. The van der Waals surface area contributed by atoms with Crippen LogP contribution in [0.5, 0.6) is 0 Å². The quantitative estimate of drug-likeness (QED) is 0.355. The van der Waals surface area contributed by atoms with Gasteiger partial charge in [-0.3, -0.25) is 4.99 Å². The number of hydrogen-bond donors (Lipinski definition) is 1. The van der Waals surface area contributed by atoms with E-state index in [1.807, 2.05) is 18.4 Å². The van der Waals surface area contributed by atoms with E-state index in [0.717, 1.165) is 25.5 Å². The molecule has 0 saturated carbocycles. The maximum atomic E-state index is 4.29. The van der Waals surface area contributed by atoms with Crippen LogP contribution in [-0.4, -0.2) is 38.0 Å². The van der Waals surface area contributed by atoms with Crippen molar-refractivity contribution in [3.63, 3.8) is 0 Å². The molecular weight excluding hydrogens is 357 g/mol. The van der Waals surface area contributed by atoms with E-state index in [9.17, 15) is 0 Å². The minimum Gasteiger partial charge on any atom is -0.356 e. The molecule has 0 radical (unpaired) electrons. The second-order valence-corrected chi connectivity index (χ2v) is 5.11. The van der Waals surface area contributed by atoms with Gasteiger partial charge in [-0.15, -0.1) is 35.3 Å². The van der Waals surface area contributed by atoms with Gasteiger partial charge in [-0.05, 0) is 24.3 Å². The summed E-state index contributed by atoms with van der Waals surface area (Å²) in [4.78, 5) is 7.92. The first-order valence-electron chi connectivity index (χ1n) is 6.22. The fourth-order valence-corrected chi connectivity index (χ4v) is 2.30. The van der Waals surface area contributed by atoms with E-state index >= 15 is 0 Å². The Kier molecular flexibility index (Phi) is 10.4. The van der Waals surface area contributed by atoms with Crippen LogP contribution in [0.1, 0.15) is 24.6 Å². The van der Waals surface area contributed by atoms with Crippen LogP contribution < -0.4 is 5.32 Å². The van der Waals surface area contributed by atoms with Crippen molar-refractivity contribution in [3.05, 3.63) is 22.4 Å². The summed E-state index contributed by atoms with van der Waals surface area (Å²) in [7, 11) is 3.94. The van der Waals surface area contributed by atoms with Gasteiger partial charge in [0.05, 0.1) is 0 Å². The molecule has 1 aromatic heterocycles. The average Bonchev–Trinajstić information content (AvgIpc) is 2.85. The van der Waals surface area contributed by atoms with E-state index < -0.39 is 0 Å². The largest absolute Gasteiger partial charge is 0.356 e. The van der Waals surface area contributed by atoms with Crippen molar-refractivity contribution in [2.75, 3.05) is 27.2 Å². The number of rotatable bonds is 6. The molecule has 1 aromatic rings. The molecule has 0 aromatic carbocycles. The Hall–Kier alpha value is -0.300. The summed E-state index contributed by atoms with van der Waals surface area (Å²) in [5.41, 5.74) is 0. The van der Waals surface area contributed by atoms with Gasteiger partial charge in [0.2, 0.25) is 0 Å². The molecule has 1 N–H and O–H groups in total. The number of thiophene rings is 1. The first kappa shape index (κ1) is 17.7. The number of likely N-dealkylation sites (N-methyl/N-ethyl adjacent to an activating group) is 1. The van der Waals surface area contributed by atoms with Crippen LogP contribution in [0.4, 0.5) is 0 Å². The summed E-state index contributed by atoms with van der Waals surface area (Å²) in [6.45, 7) is 4.21. The van der Waals surface area contributed by atoms with E-state index in [2.05, 4.69) is 46.7 Å². The van der Waals surface area contributed by atoms with E-state index in [1.165, 1.54) is 17.7 Å². The average molecular weight is 381 g/mol. The van der Waals surface area contributed by atoms with Crippen molar-refractivity contribution in [2.24, 2.45) is 4.99 Å². The fraction of sp³-hybridized carbons (Fsp3) is 0.615. The lowest BCUT2D eigenvalue weighted by atomic mass is 10.3. The topological polar surface area (TPSA) is 27.6 Å². The number of unbranched alkanes of at least 4 members (excludes halogenated alkanes) is 1. The zero-order valence-corrected chi connectivity index (χ0v) is 14.6. The molecule has 0 amide bonds. The summed E-state index contributed by atoms with van der Waals surface area (Å²) in [5.74, 6) is 0.995. The summed E-state index contributed by atoms with van der Waals surface area (Å²) >= 11 is 1.82. The molecule has 0 spiro atoms. The number of nitrogens with one attached hydrogen (secondary N) is 1. The third-order valence-electron chi connectivity index (χ3n) is 2.66. The summed E-state index contributed by atoms with van der Waals surface area (Å²) in [6, 6.07) is 4.29. The van der Waals surface area contributed by atoms with Crippen molar-refractivity contribution < 1.29 is 0 Å². The van der Waals surface area contributed by atoms with Crippen LogP contribution >= 0.6 is 35.3 Å². The van der Waals surface area contributed by atoms with Gasteiger partial charge in [-0.1, -0.05) is 19.4 Å². The van der Waals surface area contributed by atoms with Crippen LogP contribution in [-0.2, 0) is 6.42 Å². The van der Waals surface area contributed by atoms with Crippen molar-refractivity contribution in [2.45, 2.75) is 26.2 Å². The van der Waals surface area contributed by atoms with Crippen LogP contribution in [0.2, 0.25) is 0 Å². The highest BCUT2D eigenvalue weighted by Crippen LogP contribution is 2.09. The standard InChI is InChI=1S/C13H23N3S.HI/c1-4-5-9-15-13(14-2)16(3)10-8-12-7-6-11-17-12;/h6-7,11H,4-5,8-10H2,1-3H3,(H,14,15);1H. The number of aliphatic imine (C=N–C) groups is 1. The SMILES string of the molecule is CCCCNC(=NC)N(C)CCc1cccs1.I. The highest BCUT2D eigenvalue weighted by molar-refractivity contribution is 14.0. The Morgan fingerprint density at radius 3 is 2.83 bits per heavy atom. The van der Waals surface area contributed by atoms with Gasteiger partial charge in [0.1, 0.15) is 0 Å². The highest BCUT2D eigenvalue weighted by Gasteiger charge is 2.05. The Morgan fingerprint density at radius 1 is 1.50 bits per heavy atom. The van der Waals surface area contributed by atoms with E-state index in [0.29, 0.717) is 0 Å². The van der Waals surface area contributed by atoms with E-state index in [4.69, 9.17) is 0 Å². The molecule has 0 aliphatic carbocycles. The fourth-order valence-electron chi connectivity index (χ4n) is 1.60. The second-order valence-electron chi connectivity index (χ2n) is 4.08. The maximum absolute atomic E-state index is 4.29. The van der Waals surface area contributed by atoms with Gasteiger partial charge >= 0.3 is 0 Å². The first-order chi connectivity index (χ1) is 8.27. The molecule has 18 heavy (non-hydrogen) atoms. The van der Waals surface area contributed by atoms with Crippen LogP contribution in [0.3, 0.4) is 0 Å². The third kappa shape index (κ3) is 6.58. The zero-order chi connectivity index (χ0) is 12.5. The lowest BCUT2D eigenvalue weighted by Crippen LogP contribution is -2.40. The monoisotopic (exact) mass is 381 g/mol. The molecule has 0 atom stereocenters. The van der Waals surface area contributed by atoms with Gasteiger partial charge in [0, 0.05) is 32.1 Å². The molecular formula is C13H24IN3S. The van der Waals surface area contributed by atoms with Gasteiger partial charge in [-0.2, -0.15) is 0 Å². The lowest BCUT2D eigenvalue weighted by Gasteiger charge is -2.21. The summed E-state index contributed by atoms with van der Waals surface area (Å²) < 4.78 is 0. The van der Waals surface area contributed by atoms with Gasteiger partial charge < -0.3 is 10.2 Å². The van der Waals surface area contributed by atoms with Crippen molar-refractivity contribution >= 4 is 41.3 Å². The molecule has 0 aliphatic rings. The van der Waals surface area contributed by atoms with Crippen LogP contribution in [0.15, 0.2) is 22.5 Å². The molecule has 0 aliphatic heterocycles. The molecule has 1 heterocycles. The van der Waals surface area contributed by atoms with Crippen molar-refractivity contribution in [3.8, 4) is 0 Å². The minimum absolute atomic E-state index is 0. The molecule has 5 heteroatoms. The first-order valence-corrected chi connectivity index (χ1v) is 7.10. The Labute approximate surface area is 132 Å². The molecule has 0 fully saturated rings. The highest BCUT2D eigenvalue weighted by atomic mass is 127. The number of hydrogen-bond acceptors (Lipinski definition) is 2. The van der Waals surface area contributed by atoms with Gasteiger partial charge in [0.25, 0.3) is 0 Å². The van der Waals surface area contributed by atoms with E-state index in [1.54, 1.807) is 0 Å². The molecule has 3 nitrogen and oxygen atoms in total. The Balaban J connectivity index is 0.00000289. The zero-order valence-electron chi connectivity index (χ0n) is 11.5. The van der Waals surface area contributed by atoms with E-state index in [-0.39, 0.29) is 24.0 Å². The van der Waals surface area contributed by atoms with Gasteiger partial charge in [0.15, 0.2) is 5.96 Å². The summed E-state index contributed by atoms with van der Waals surface area (Å²) in [5, 5.41) is 5.51. The normalized spacial score (nSPS) is 10.9. The molecule has 104 valence electrons. The molecule has 0 saturated heterocycles. The molecule has 0 bridgehead atoms. The number of nitrogens with zero attached hydrogens (tertiary/aromatic N) is 2. The van der Waals surface area contributed by atoms with Crippen molar-refractivity contribution in [1.82, 2.24) is 10.2 Å². The molecule has 1 rings (SSSR count). The second kappa shape index (κ2) is 10.6. The number of halogens is 1. The number of guanidine groups is 1.